The number of pyridine rings is 1. The molecule has 0 aliphatic rings. The average Bonchev–Trinajstić information content (AvgIpc) is 2.87. The monoisotopic (exact) mass is 246 g/mol. The quantitative estimate of drug-likeness (QED) is 0.890. The third-order valence-corrected chi connectivity index (χ3v) is 2.83. The molecule has 0 aliphatic carbocycles. The zero-order valence-electron chi connectivity index (χ0n) is 10.2. The Kier molecular flexibility index (Phi) is 3.36. The van der Waals surface area contributed by atoms with Crippen LogP contribution in [0.25, 0.3) is 5.69 Å². The molecule has 0 bridgehead atoms. The van der Waals surface area contributed by atoms with Crippen LogP contribution in [-0.4, -0.2) is 31.1 Å². The minimum Gasteiger partial charge on any atom is -0.476 e. The van der Waals surface area contributed by atoms with Gasteiger partial charge in [-0.2, -0.15) is 10.2 Å². The molecule has 0 saturated carbocycles. The predicted octanol–water partition coefficient (Wildman–Crippen LogP) is 1.87. The molecular weight excluding hydrogens is 232 g/mol. The van der Waals surface area contributed by atoms with Gasteiger partial charge in [-0.25, -0.2) is 9.78 Å². The van der Waals surface area contributed by atoms with Gasteiger partial charge in [-0.15, -0.1) is 4.80 Å². The molecule has 18 heavy (non-hydrogen) atoms. The Morgan fingerprint density at radius 2 is 2.33 bits per heavy atom. The first kappa shape index (κ1) is 12.2. The van der Waals surface area contributed by atoms with Gasteiger partial charge in [0.1, 0.15) is 5.69 Å². The molecule has 0 radical (unpaired) electrons. The molecule has 2 aromatic rings. The summed E-state index contributed by atoms with van der Waals surface area (Å²) in [5.41, 5.74) is 1.17. The van der Waals surface area contributed by atoms with E-state index < -0.39 is 5.97 Å². The minimum atomic E-state index is -1.09. The lowest BCUT2D eigenvalue weighted by Gasteiger charge is -2.04. The second kappa shape index (κ2) is 4.95. The van der Waals surface area contributed by atoms with Crippen LogP contribution in [0.5, 0.6) is 0 Å². The molecule has 6 heteroatoms. The summed E-state index contributed by atoms with van der Waals surface area (Å²) in [6, 6.07) is 3.30. The van der Waals surface area contributed by atoms with Gasteiger partial charge in [0.2, 0.25) is 0 Å². The average molecular weight is 246 g/mol. The fraction of sp³-hybridized carbons (Fsp3) is 0.333. The van der Waals surface area contributed by atoms with Gasteiger partial charge < -0.3 is 5.11 Å². The number of nitrogens with zero attached hydrogens (tertiary/aromatic N) is 4. The Morgan fingerprint density at radius 1 is 1.56 bits per heavy atom. The highest BCUT2D eigenvalue weighted by Crippen LogP contribution is 2.17. The Labute approximate surface area is 104 Å². The smallest absolute Gasteiger partial charge is 0.356 e. The van der Waals surface area contributed by atoms with Crippen molar-refractivity contribution < 1.29 is 9.90 Å². The largest absolute Gasteiger partial charge is 0.476 e. The molecule has 0 spiro atoms. The fourth-order valence-electron chi connectivity index (χ4n) is 1.55. The third kappa shape index (κ3) is 2.22. The lowest BCUT2D eigenvalue weighted by atomic mass is 10.1. The van der Waals surface area contributed by atoms with Gasteiger partial charge in [0.25, 0.3) is 0 Å². The van der Waals surface area contributed by atoms with Gasteiger partial charge in [0, 0.05) is 12.1 Å². The van der Waals surface area contributed by atoms with Crippen molar-refractivity contribution in [2.75, 3.05) is 0 Å². The van der Waals surface area contributed by atoms with Crippen LogP contribution in [-0.2, 0) is 0 Å². The number of aromatic nitrogens is 4. The number of carboxylic acids is 1. The van der Waals surface area contributed by atoms with Crippen LogP contribution in [0.15, 0.2) is 24.5 Å². The van der Waals surface area contributed by atoms with E-state index in [0.29, 0.717) is 11.6 Å². The summed E-state index contributed by atoms with van der Waals surface area (Å²) in [5, 5.41) is 17.5. The third-order valence-electron chi connectivity index (χ3n) is 2.83. The molecule has 1 unspecified atom stereocenters. The maximum Gasteiger partial charge on any atom is 0.356 e. The molecule has 94 valence electrons. The molecule has 2 heterocycles. The first-order valence-corrected chi connectivity index (χ1v) is 5.74. The van der Waals surface area contributed by atoms with Gasteiger partial charge in [-0.3, -0.25) is 0 Å². The highest BCUT2D eigenvalue weighted by atomic mass is 16.4. The predicted molar refractivity (Wildman–Crippen MR) is 64.8 cm³/mol. The van der Waals surface area contributed by atoms with E-state index >= 15 is 0 Å². The van der Waals surface area contributed by atoms with E-state index in [2.05, 4.69) is 29.0 Å². The lowest BCUT2D eigenvalue weighted by molar-refractivity contribution is 0.0690. The van der Waals surface area contributed by atoms with Crippen LogP contribution in [0.2, 0.25) is 0 Å². The van der Waals surface area contributed by atoms with E-state index in [4.69, 9.17) is 5.11 Å². The van der Waals surface area contributed by atoms with Crippen LogP contribution in [0.3, 0.4) is 0 Å². The molecule has 0 aliphatic heterocycles. The molecular formula is C12H14N4O2. The summed E-state index contributed by atoms with van der Waals surface area (Å²) in [6.07, 6.45) is 4.05. The summed E-state index contributed by atoms with van der Waals surface area (Å²) in [6.45, 7) is 4.12. The Hall–Kier alpha value is -2.24. The maximum atomic E-state index is 11.1. The molecule has 0 aromatic carbocycles. The highest BCUT2D eigenvalue weighted by molar-refractivity contribution is 5.89. The zero-order chi connectivity index (χ0) is 13.1. The van der Waals surface area contributed by atoms with Crippen molar-refractivity contribution in [3.05, 3.63) is 35.9 Å². The molecule has 1 N–H and O–H groups in total. The molecule has 1 atom stereocenters. The van der Waals surface area contributed by atoms with E-state index in [1.165, 1.54) is 11.0 Å². The van der Waals surface area contributed by atoms with Gasteiger partial charge >= 0.3 is 5.97 Å². The van der Waals surface area contributed by atoms with Crippen molar-refractivity contribution in [1.29, 1.82) is 0 Å². The molecule has 0 amide bonds. The van der Waals surface area contributed by atoms with Gasteiger partial charge in [-0.1, -0.05) is 13.8 Å². The van der Waals surface area contributed by atoms with E-state index in [0.717, 1.165) is 12.1 Å². The number of hydrogen-bond acceptors (Lipinski definition) is 4. The van der Waals surface area contributed by atoms with Gasteiger partial charge in [-0.05, 0) is 18.6 Å². The Morgan fingerprint density at radius 3 is 3.00 bits per heavy atom. The summed E-state index contributed by atoms with van der Waals surface area (Å²) < 4.78 is 0. The van der Waals surface area contributed by atoms with E-state index in [1.54, 1.807) is 18.3 Å². The molecule has 0 fully saturated rings. The first-order valence-electron chi connectivity index (χ1n) is 5.74. The molecule has 2 rings (SSSR count). The highest BCUT2D eigenvalue weighted by Gasteiger charge is 2.15. The Bertz CT molecular complexity index is 565. The second-order valence-corrected chi connectivity index (χ2v) is 4.04. The minimum absolute atomic E-state index is 0.0520. The summed E-state index contributed by atoms with van der Waals surface area (Å²) >= 11 is 0. The number of rotatable bonds is 4. The van der Waals surface area contributed by atoms with Crippen LogP contribution < -0.4 is 0 Å². The van der Waals surface area contributed by atoms with E-state index in [1.807, 2.05) is 0 Å². The van der Waals surface area contributed by atoms with Crippen molar-refractivity contribution in [2.45, 2.75) is 26.2 Å². The van der Waals surface area contributed by atoms with Crippen molar-refractivity contribution in [2.24, 2.45) is 0 Å². The fourth-order valence-corrected chi connectivity index (χ4v) is 1.55. The molecule has 2 aromatic heterocycles. The van der Waals surface area contributed by atoms with Crippen molar-refractivity contribution in [3.8, 4) is 5.69 Å². The summed E-state index contributed by atoms with van der Waals surface area (Å²) in [7, 11) is 0. The van der Waals surface area contributed by atoms with Crippen LogP contribution in [0, 0.1) is 0 Å². The summed E-state index contributed by atoms with van der Waals surface area (Å²) in [4.78, 5) is 16.2. The Balaban J connectivity index is 2.43. The summed E-state index contributed by atoms with van der Waals surface area (Å²) in [5.74, 6) is -0.795. The zero-order valence-corrected chi connectivity index (χ0v) is 10.2. The number of aromatic carboxylic acids is 1. The van der Waals surface area contributed by atoms with Crippen LogP contribution >= 0.6 is 0 Å². The topological polar surface area (TPSA) is 80.9 Å². The standard InChI is InChI=1S/C12H14N4O2/c1-3-8(2)9-7-14-16(15-9)10-5-4-6-13-11(10)12(17)18/h4-8H,3H2,1-2H3,(H,17,18). The van der Waals surface area contributed by atoms with Crippen molar-refractivity contribution in [1.82, 2.24) is 20.0 Å². The molecule has 0 saturated heterocycles. The van der Waals surface area contributed by atoms with E-state index in [-0.39, 0.29) is 5.69 Å². The second-order valence-electron chi connectivity index (χ2n) is 4.04. The van der Waals surface area contributed by atoms with Gasteiger partial charge in [0.15, 0.2) is 5.69 Å². The van der Waals surface area contributed by atoms with Crippen LogP contribution in [0.1, 0.15) is 42.4 Å². The number of carbonyl (C=O) groups is 1. The number of hydrogen-bond donors (Lipinski definition) is 1. The number of carboxylic acid groups (broad SMARTS) is 1. The van der Waals surface area contributed by atoms with Gasteiger partial charge in [0.05, 0.1) is 11.9 Å². The molecule has 6 nitrogen and oxygen atoms in total. The normalized spacial score (nSPS) is 12.3. The SMILES string of the molecule is CCC(C)c1cnn(-c2cccnc2C(=O)O)n1. The first-order chi connectivity index (χ1) is 8.63. The van der Waals surface area contributed by atoms with Crippen molar-refractivity contribution >= 4 is 5.97 Å². The lowest BCUT2D eigenvalue weighted by Crippen LogP contribution is -2.10. The van der Waals surface area contributed by atoms with E-state index in [9.17, 15) is 4.79 Å². The van der Waals surface area contributed by atoms with Crippen molar-refractivity contribution in [3.63, 3.8) is 0 Å². The van der Waals surface area contributed by atoms with Crippen LogP contribution in [0.4, 0.5) is 0 Å². The maximum absolute atomic E-state index is 11.1.